The average molecular weight is 329 g/mol. The molecule has 0 aliphatic carbocycles. The van der Waals surface area contributed by atoms with Gasteiger partial charge in [-0.2, -0.15) is 0 Å². The molecular weight excluding hydrogens is 312 g/mol. The number of amides is 1. The summed E-state index contributed by atoms with van der Waals surface area (Å²) < 4.78 is 0. The zero-order valence-corrected chi connectivity index (χ0v) is 12.6. The number of nitro benzene ring substituents is 1. The molecule has 0 saturated carbocycles. The fourth-order valence-electron chi connectivity index (χ4n) is 1.73. The molecule has 0 aromatic heterocycles. The van der Waals surface area contributed by atoms with Crippen molar-refractivity contribution in [3.05, 3.63) is 39.4 Å². The Balaban J connectivity index is 2.88. The van der Waals surface area contributed by atoms with Gasteiger partial charge in [0.15, 0.2) is 0 Å². The van der Waals surface area contributed by atoms with Crippen LogP contribution >= 0.6 is 15.9 Å². The van der Waals surface area contributed by atoms with Crippen LogP contribution in [0.4, 0.5) is 5.69 Å². The number of rotatable bonds is 6. The Morgan fingerprint density at radius 3 is 2.74 bits per heavy atom. The Morgan fingerprint density at radius 1 is 1.53 bits per heavy atom. The Hall–Kier alpha value is -1.43. The van der Waals surface area contributed by atoms with Crippen molar-refractivity contribution in [2.45, 2.75) is 32.7 Å². The first-order valence-electron chi connectivity index (χ1n) is 6.11. The van der Waals surface area contributed by atoms with Crippen LogP contribution in [0.3, 0.4) is 0 Å². The van der Waals surface area contributed by atoms with Gasteiger partial charge in [0.25, 0.3) is 11.6 Å². The van der Waals surface area contributed by atoms with Crippen LogP contribution < -0.4 is 5.32 Å². The normalized spacial score (nSPS) is 11.9. The molecule has 0 aliphatic rings. The molecule has 104 valence electrons. The summed E-state index contributed by atoms with van der Waals surface area (Å²) in [5, 5.41) is 14.5. The summed E-state index contributed by atoms with van der Waals surface area (Å²) in [6.45, 7) is 3.64. The predicted octanol–water partition coefficient (Wildman–Crippen LogP) is 3.20. The first-order chi connectivity index (χ1) is 8.99. The lowest BCUT2D eigenvalue weighted by molar-refractivity contribution is -0.385. The second-order valence-corrected chi connectivity index (χ2v) is 5.11. The summed E-state index contributed by atoms with van der Waals surface area (Å²) in [5.74, 6) is -0.268. The molecule has 19 heavy (non-hydrogen) atoms. The molecule has 5 nitrogen and oxygen atoms in total. The summed E-state index contributed by atoms with van der Waals surface area (Å²) in [4.78, 5) is 22.4. The lowest BCUT2D eigenvalue weighted by Gasteiger charge is -2.15. The number of carbonyl (C=O) groups is 1. The summed E-state index contributed by atoms with van der Waals surface area (Å²) in [5.41, 5.74) is 0.848. The molecule has 0 fully saturated rings. The van der Waals surface area contributed by atoms with Crippen LogP contribution in [0.25, 0.3) is 0 Å². The van der Waals surface area contributed by atoms with Crippen LogP contribution in [-0.2, 0) is 0 Å². The van der Waals surface area contributed by atoms with Gasteiger partial charge >= 0.3 is 0 Å². The quantitative estimate of drug-likeness (QED) is 0.495. The highest BCUT2D eigenvalue weighted by molar-refractivity contribution is 9.09. The molecule has 1 unspecified atom stereocenters. The first kappa shape index (κ1) is 15.6. The zero-order valence-electron chi connectivity index (χ0n) is 11.0. The van der Waals surface area contributed by atoms with Crippen LogP contribution in [0, 0.1) is 17.0 Å². The molecule has 0 aliphatic heterocycles. The van der Waals surface area contributed by atoms with E-state index < -0.39 is 4.92 Å². The monoisotopic (exact) mass is 328 g/mol. The minimum absolute atomic E-state index is 0.0267. The summed E-state index contributed by atoms with van der Waals surface area (Å²) in [6, 6.07) is 4.61. The largest absolute Gasteiger partial charge is 0.349 e. The predicted molar refractivity (Wildman–Crippen MR) is 77.8 cm³/mol. The van der Waals surface area contributed by atoms with Gasteiger partial charge in [-0.25, -0.2) is 0 Å². The molecule has 6 heteroatoms. The highest BCUT2D eigenvalue weighted by Crippen LogP contribution is 2.19. The number of hydrogen-bond donors (Lipinski definition) is 1. The maximum atomic E-state index is 12.0. The average Bonchev–Trinajstić information content (AvgIpc) is 2.38. The van der Waals surface area contributed by atoms with Crippen LogP contribution in [0.15, 0.2) is 18.2 Å². The molecule has 0 radical (unpaired) electrons. The molecule has 0 saturated heterocycles. The van der Waals surface area contributed by atoms with Crippen molar-refractivity contribution in [2.75, 3.05) is 5.33 Å². The van der Waals surface area contributed by atoms with Gasteiger partial charge in [-0.15, -0.1) is 0 Å². The fraction of sp³-hybridized carbons (Fsp3) is 0.462. The number of halogens is 1. The Morgan fingerprint density at radius 2 is 2.21 bits per heavy atom. The molecule has 1 aromatic carbocycles. The third-order valence-corrected chi connectivity index (χ3v) is 3.41. The van der Waals surface area contributed by atoms with Crippen molar-refractivity contribution < 1.29 is 9.72 Å². The van der Waals surface area contributed by atoms with E-state index in [9.17, 15) is 14.9 Å². The first-order valence-corrected chi connectivity index (χ1v) is 7.23. The highest BCUT2D eigenvalue weighted by atomic mass is 79.9. The summed E-state index contributed by atoms with van der Waals surface area (Å²) in [6.07, 6.45) is 1.65. The van der Waals surface area contributed by atoms with Crippen molar-refractivity contribution in [1.82, 2.24) is 5.32 Å². The molecular formula is C13H17BrN2O3. The van der Waals surface area contributed by atoms with Crippen molar-refractivity contribution in [2.24, 2.45) is 0 Å². The lowest BCUT2D eigenvalue weighted by atomic mass is 10.1. The summed E-state index contributed by atoms with van der Waals surface area (Å²) >= 11 is 3.34. The fourth-order valence-corrected chi connectivity index (χ4v) is 2.28. The second-order valence-electron chi connectivity index (χ2n) is 4.31. The molecule has 0 heterocycles. The van der Waals surface area contributed by atoms with Gasteiger partial charge in [0.2, 0.25) is 0 Å². The molecule has 1 aromatic rings. The van der Waals surface area contributed by atoms with Gasteiger partial charge in [-0.05, 0) is 25.8 Å². The van der Waals surface area contributed by atoms with E-state index in [1.54, 1.807) is 19.1 Å². The van der Waals surface area contributed by atoms with E-state index >= 15 is 0 Å². The number of nitrogens with one attached hydrogen (secondary N) is 1. The summed E-state index contributed by atoms with van der Waals surface area (Å²) in [7, 11) is 0. The van der Waals surface area contributed by atoms with Crippen LogP contribution in [-0.4, -0.2) is 22.2 Å². The van der Waals surface area contributed by atoms with Gasteiger partial charge in [-0.3, -0.25) is 14.9 Å². The van der Waals surface area contributed by atoms with E-state index in [4.69, 9.17) is 0 Å². The number of aryl methyl sites for hydroxylation is 1. The standard InChI is InChI=1S/C13H17BrN2O3/c1-3-11(6-7-14)15-13(17)10-5-4-9(2)12(8-10)16(18)19/h4-5,8,11H,3,6-7H2,1-2H3,(H,15,17). The van der Waals surface area contributed by atoms with Crippen LogP contribution in [0.2, 0.25) is 0 Å². The Kier molecular flexibility index (Phi) is 5.95. The number of carbonyl (C=O) groups excluding carboxylic acids is 1. The van der Waals surface area contributed by atoms with Gasteiger partial charge in [0.05, 0.1) is 4.92 Å². The maximum absolute atomic E-state index is 12.0. The number of alkyl halides is 1. The smallest absolute Gasteiger partial charge is 0.273 e. The number of hydrogen-bond acceptors (Lipinski definition) is 3. The maximum Gasteiger partial charge on any atom is 0.273 e. The van der Waals surface area contributed by atoms with E-state index in [1.807, 2.05) is 6.92 Å². The Bertz CT molecular complexity index is 477. The molecule has 1 rings (SSSR count). The topological polar surface area (TPSA) is 72.2 Å². The zero-order chi connectivity index (χ0) is 14.4. The highest BCUT2D eigenvalue weighted by Gasteiger charge is 2.16. The second kappa shape index (κ2) is 7.23. The minimum Gasteiger partial charge on any atom is -0.349 e. The molecule has 1 N–H and O–H groups in total. The van der Waals surface area contributed by atoms with E-state index in [-0.39, 0.29) is 17.6 Å². The molecule has 0 spiro atoms. The van der Waals surface area contributed by atoms with Crippen molar-refractivity contribution >= 4 is 27.5 Å². The third kappa shape index (κ3) is 4.31. The van der Waals surface area contributed by atoms with Crippen molar-refractivity contribution in [3.63, 3.8) is 0 Å². The van der Waals surface area contributed by atoms with E-state index in [1.165, 1.54) is 6.07 Å². The van der Waals surface area contributed by atoms with E-state index in [0.717, 1.165) is 18.2 Å². The lowest BCUT2D eigenvalue weighted by Crippen LogP contribution is -2.34. The van der Waals surface area contributed by atoms with E-state index in [0.29, 0.717) is 11.1 Å². The molecule has 1 atom stereocenters. The number of nitro groups is 1. The Labute approximate surface area is 120 Å². The van der Waals surface area contributed by atoms with Gasteiger partial charge < -0.3 is 5.32 Å². The molecule has 0 bridgehead atoms. The number of nitrogens with zero attached hydrogens (tertiary/aromatic N) is 1. The number of benzene rings is 1. The SMILES string of the molecule is CCC(CCBr)NC(=O)c1ccc(C)c([N+](=O)[O-])c1. The third-order valence-electron chi connectivity index (χ3n) is 2.95. The van der Waals surface area contributed by atoms with E-state index in [2.05, 4.69) is 21.2 Å². The van der Waals surface area contributed by atoms with Crippen LogP contribution in [0.1, 0.15) is 35.7 Å². The van der Waals surface area contributed by atoms with Gasteiger partial charge in [0.1, 0.15) is 0 Å². The van der Waals surface area contributed by atoms with Gasteiger partial charge in [-0.1, -0.05) is 28.9 Å². The molecule has 1 amide bonds. The van der Waals surface area contributed by atoms with Crippen LogP contribution in [0.5, 0.6) is 0 Å². The van der Waals surface area contributed by atoms with Crippen molar-refractivity contribution in [1.29, 1.82) is 0 Å². The minimum atomic E-state index is -0.470. The van der Waals surface area contributed by atoms with Crippen molar-refractivity contribution in [3.8, 4) is 0 Å². The van der Waals surface area contributed by atoms with Gasteiger partial charge in [0, 0.05) is 28.6 Å².